The second-order valence-corrected chi connectivity index (χ2v) is 6.32. The average Bonchev–Trinajstić information content (AvgIpc) is 3.00. The third-order valence-electron chi connectivity index (χ3n) is 4.12. The maximum absolute atomic E-state index is 13.5. The van der Waals surface area contributed by atoms with Gasteiger partial charge in [-0.3, -0.25) is 19.7 Å². The predicted octanol–water partition coefficient (Wildman–Crippen LogP) is 3.52. The van der Waals surface area contributed by atoms with Crippen molar-refractivity contribution >= 4 is 40.5 Å². The van der Waals surface area contributed by atoms with E-state index in [0.717, 1.165) is 18.2 Å². The van der Waals surface area contributed by atoms with Crippen LogP contribution in [0.15, 0.2) is 36.4 Å². The molecule has 1 atom stereocenters. The molecule has 1 heterocycles. The molecule has 1 fully saturated rings. The standard InChI is InChI=1S/C17H12ClF2N3O4/c18-12-6-10(1-3-13(12)19)21-17(25)9-5-16(24)22(8-9)11-2-4-14(20)15(7-11)23(26)27/h1-4,6-7,9H,5,8H2,(H,21,25). The maximum Gasteiger partial charge on any atom is 0.306 e. The molecular weight excluding hydrogens is 384 g/mol. The normalized spacial score (nSPS) is 16.5. The highest BCUT2D eigenvalue weighted by atomic mass is 35.5. The Hall–Kier alpha value is -3.07. The fourth-order valence-corrected chi connectivity index (χ4v) is 2.94. The third kappa shape index (κ3) is 3.87. The van der Waals surface area contributed by atoms with Crippen LogP contribution in [0.1, 0.15) is 6.42 Å². The lowest BCUT2D eigenvalue weighted by Gasteiger charge is -2.16. The Labute approximate surface area is 156 Å². The number of anilines is 2. The van der Waals surface area contributed by atoms with E-state index in [1.165, 1.54) is 23.1 Å². The van der Waals surface area contributed by atoms with E-state index in [4.69, 9.17) is 11.6 Å². The molecule has 2 aromatic carbocycles. The van der Waals surface area contributed by atoms with Crippen molar-refractivity contribution in [1.29, 1.82) is 0 Å². The van der Waals surface area contributed by atoms with Gasteiger partial charge in [-0.15, -0.1) is 0 Å². The number of rotatable bonds is 4. The van der Waals surface area contributed by atoms with Gasteiger partial charge in [0.25, 0.3) is 0 Å². The van der Waals surface area contributed by atoms with Crippen molar-refractivity contribution in [3.8, 4) is 0 Å². The third-order valence-corrected chi connectivity index (χ3v) is 4.41. The smallest absolute Gasteiger partial charge is 0.306 e. The van der Waals surface area contributed by atoms with Crippen LogP contribution in [0.5, 0.6) is 0 Å². The number of hydrogen-bond donors (Lipinski definition) is 1. The van der Waals surface area contributed by atoms with Crippen LogP contribution < -0.4 is 10.2 Å². The minimum absolute atomic E-state index is 0.0254. The molecule has 0 bridgehead atoms. The average molecular weight is 396 g/mol. The Morgan fingerprint density at radius 1 is 1.22 bits per heavy atom. The van der Waals surface area contributed by atoms with E-state index in [9.17, 15) is 28.5 Å². The van der Waals surface area contributed by atoms with Crippen LogP contribution in [0.4, 0.5) is 25.8 Å². The first kappa shape index (κ1) is 18.7. The van der Waals surface area contributed by atoms with Gasteiger partial charge in [0.1, 0.15) is 5.82 Å². The van der Waals surface area contributed by atoms with Gasteiger partial charge < -0.3 is 10.2 Å². The van der Waals surface area contributed by atoms with E-state index in [0.29, 0.717) is 0 Å². The summed E-state index contributed by atoms with van der Waals surface area (Å²) in [6.45, 7) is -0.0254. The molecule has 1 N–H and O–H groups in total. The van der Waals surface area contributed by atoms with Crippen molar-refractivity contribution in [2.24, 2.45) is 5.92 Å². The molecule has 0 spiro atoms. The quantitative estimate of drug-likeness (QED) is 0.633. The molecule has 2 amide bonds. The molecule has 27 heavy (non-hydrogen) atoms. The van der Waals surface area contributed by atoms with Crippen molar-refractivity contribution < 1.29 is 23.3 Å². The van der Waals surface area contributed by atoms with Gasteiger partial charge in [0.15, 0.2) is 0 Å². The monoisotopic (exact) mass is 395 g/mol. The molecule has 1 unspecified atom stereocenters. The molecule has 1 aliphatic rings. The zero-order chi connectivity index (χ0) is 19.7. The van der Waals surface area contributed by atoms with Crippen molar-refractivity contribution in [2.75, 3.05) is 16.8 Å². The van der Waals surface area contributed by atoms with Crippen molar-refractivity contribution in [1.82, 2.24) is 0 Å². The Bertz CT molecular complexity index is 954. The van der Waals surface area contributed by atoms with Crippen molar-refractivity contribution in [2.45, 2.75) is 6.42 Å². The highest BCUT2D eigenvalue weighted by molar-refractivity contribution is 6.31. The van der Waals surface area contributed by atoms with Gasteiger partial charge in [-0.05, 0) is 30.3 Å². The van der Waals surface area contributed by atoms with E-state index in [1.54, 1.807) is 0 Å². The number of hydrogen-bond acceptors (Lipinski definition) is 4. The Balaban J connectivity index is 1.75. The molecule has 0 saturated carbocycles. The van der Waals surface area contributed by atoms with Gasteiger partial charge in [0.05, 0.1) is 21.6 Å². The number of benzene rings is 2. The van der Waals surface area contributed by atoms with Crippen LogP contribution in [0.3, 0.4) is 0 Å². The Morgan fingerprint density at radius 2 is 1.93 bits per heavy atom. The summed E-state index contributed by atoms with van der Waals surface area (Å²) >= 11 is 5.66. The zero-order valence-electron chi connectivity index (χ0n) is 13.6. The van der Waals surface area contributed by atoms with Gasteiger partial charge in [-0.25, -0.2) is 4.39 Å². The topological polar surface area (TPSA) is 92.6 Å². The fraction of sp³-hybridized carbons (Fsp3) is 0.176. The molecule has 1 aliphatic heterocycles. The summed E-state index contributed by atoms with van der Waals surface area (Å²) in [5.74, 6) is -3.28. The van der Waals surface area contributed by atoms with Crippen LogP contribution in [0, 0.1) is 27.7 Å². The lowest BCUT2D eigenvalue weighted by Crippen LogP contribution is -2.28. The highest BCUT2D eigenvalue weighted by Crippen LogP contribution is 2.30. The van der Waals surface area contributed by atoms with Crippen LogP contribution in [-0.2, 0) is 9.59 Å². The van der Waals surface area contributed by atoms with Crippen LogP contribution in [0.2, 0.25) is 5.02 Å². The summed E-state index contributed by atoms with van der Waals surface area (Å²) < 4.78 is 26.6. The van der Waals surface area contributed by atoms with E-state index in [2.05, 4.69) is 5.32 Å². The molecule has 7 nitrogen and oxygen atoms in total. The first-order valence-corrected chi connectivity index (χ1v) is 8.14. The second kappa shape index (κ2) is 7.28. The Kier molecular flexibility index (Phi) is 5.04. The molecule has 0 aliphatic carbocycles. The number of nitro groups is 1. The van der Waals surface area contributed by atoms with E-state index < -0.39 is 40.0 Å². The number of carbonyl (C=O) groups excluding carboxylic acids is 2. The summed E-state index contributed by atoms with van der Waals surface area (Å²) in [6, 6.07) is 6.76. The number of halogens is 3. The van der Waals surface area contributed by atoms with Gasteiger partial charge >= 0.3 is 5.69 Å². The summed E-state index contributed by atoms with van der Waals surface area (Å²) in [4.78, 5) is 35.7. The number of nitro benzene ring substituents is 1. The first-order chi connectivity index (χ1) is 12.8. The SMILES string of the molecule is O=C(Nc1ccc(F)c(Cl)c1)C1CC(=O)N(c2ccc(F)c([N+](=O)[O-])c2)C1. The molecule has 0 radical (unpaired) electrons. The van der Waals surface area contributed by atoms with Crippen molar-refractivity contribution in [3.05, 3.63) is 63.2 Å². The summed E-state index contributed by atoms with van der Waals surface area (Å²) in [7, 11) is 0. The van der Waals surface area contributed by atoms with E-state index in [1.807, 2.05) is 0 Å². The fourth-order valence-electron chi connectivity index (χ4n) is 2.76. The summed E-state index contributed by atoms with van der Waals surface area (Å²) in [5.41, 5.74) is -0.350. The lowest BCUT2D eigenvalue weighted by atomic mass is 10.1. The minimum atomic E-state index is -1.02. The van der Waals surface area contributed by atoms with Gasteiger partial charge in [-0.2, -0.15) is 4.39 Å². The van der Waals surface area contributed by atoms with Crippen LogP contribution in [0.25, 0.3) is 0 Å². The lowest BCUT2D eigenvalue weighted by molar-refractivity contribution is -0.387. The van der Waals surface area contributed by atoms with Gasteiger partial charge in [0, 0.05) is 24.7 Å². The molecule has 1 saturated heterocycles. The molecule has 0 aromatic heterocycles. The Morgan fingerprint density at radius 3 is 2.59 bits per heavy atom. The molecule has 10 heteroatoms. The maximum atomic E-state index is 13.5. The number of nitrogens with one attached hydrogen (secondary N) is 1. The number of carbonyl (C=O) groups is 2. The van der Waals surface area contributed by atoms with Crippen LogP contribution >= 0.6 is 11.6 Å². The van der Waals surface area contributed by atoms with E-state index in [-0.39, 0.29) is 29.4 Å². The molecule has 140 valence electrons. The zero-order valence-corrected chi connectivity index (χ0v) is 14.4. The largest absolute Gasteiger partial charge is 0.326 e. The van der Waals surface area contributed by atoms with Gasteiger partial charge in [0.2, 0.25) is 17.6 Å². The summed E-state index contributed by atoms with van der Waals surface area (Å²) in [5, 5.41) is 13.2. The van der Waals surface area contributed by atoms with Gasteiger partial charge in [-0.1, -0.05) is 11.6 Å². The first-order valence-electron chi connectivity index (χ1n) is 7.76. The number of amides is 2. The highest BCUT2D eigenvalue weighted by Gasteiger charge is 2.36. The number of nitrogens with zero attached hydrogens (tertiary/aromatic N) is 2. The molecule has 3 rings (SSSR count). The van der Waals surface area contributed by atoms with Crippen molar-refractivity contribution in [3.63, 3.8) is 0 Å². The second-order valence-electron chi connectivity index (χ2n) is 5.92. The summed E-state index contributed by atoms with van der Waals surface area (Å²) in [6.07, 6.45) is -0.119. The molecular formula is C17H12ClF2N3O4. The van der Waals surface area contributed by atoms with Crippen LogP contribution in [-0.4, -0.2) is 23.3 Å². The predicted molar refractivity (Wildman–Crippen MR) is 93.6 cm³/mol. The molecule has 2 aromatic rings. The van der Waals surface area contributed by atoms with E-state index >= 15 is 0 Å². The minimum Gasteiger partial charge on any atom is -0.326 e.